The quantitative estimate of drug-likeness (QED) is 0.669. The van der Waals surface area contributed by atoms with Gasteiger partial charge in [0, 0.05) is 62.9 Å². The number of ether oxygens (including phenoxy) is 1. The molecule has 9 heteroatoms. The number of hydrogen-bond donors (Lipinski definition) is 0. The third-order valence-electron chi connectivity index (χ3n) is 6.13. The summed E-state index contributed by atoms with van der Waals surface area (Å²) in [5.74, 6) is 1.01. The monoisotopic (exact) mass is 394 g/mol. The van der Waals surface area contributed by atoms with Gasteiger partial charge >= 0.3 is 0 Å². The fourth-order valence-corrected chi connectivity index (χ4v) is 4.48. The average molecular weight is 394 g/mol. The Morgan fingerprint density at radius 2 is 1.93 bits per heavy atom. The molecule has 2 aliphatic heterocycles. The van der Waals surface area contributed by atoms with Crippen molar-refractivity contribution in [1.29, 1.82) is 0 Å². The molecular formula is C20H22N6O3. The minimum atomic E-state index is -0.117. The topological polar surface area (TPSA) is 99.2 Å². The van der Waals surface area contributed by atoms with Gasteiger partial charge in [-0.05, 0) is 31.0 Å². The van der Waals surface area contributed by atoms with Crippen molar-refractivity contribution in [2.45, 2.75) is 18.8 Å². The molecule has 3 aromatic rings. The third-order valence-corrected chi connectivity index (χ3v) is 6.13. The van der Waals surface area contributed by atoms with Crippen LogP contribution in [0, 0.1) is 5.41 Å². The van der Waals surface area contributed by atoms with Crippen LogP contribution in [0.4, 0.5) is 0 Å². The number of aryl methyl sites for hydroxylation is 1. The summed E-state index contributed by atoms with van der Waals surface area (Å²) in [4.78, 5) is 19.0. The van der Waals surface area contributed by atoms with Gasteiger partial charge in [-0.3, -0.25) is 14.5 Å². The number of nitrogens with zero attached hydrogens (tertiary/aromatic N) is 6. The number of aromatic nitrogens is 5. The molecule has 0 N–H and O–H groups in total. The Bertz CT molecular complexity index is 1010. The van der Waals surface area contributed by atoms with Crippen LogP contribution in [0.1, 0.15) is 35.1 Å². The highest BCUT2D eigenvalue weighted by molar-refractivity contribution is 5.92. The fraction of sp³-hybridized carbons (Fsp3) is 0.450. The first kappa shape index (κ1) is 18.0. The molecule has 2 fully saturated rings. The molecule has 0 aromatic carbocycles. The maximum atomic E-state index is 13.1. The molecule has 29 heavy (non-hydrogen) atoms. The molecule has 3 aromatic heterocycles. The van der Waals surface area contributed by atoms with E-state index in [0.717, 1.165) is 18.4 Å². The normalized spacial score (nSPS) is 21.0. The number of amides is 1. The van der Waals surface area contributed by atoms with Crippen LogP contribution in [0.25, 0.3) is 11.5 Å². The molecule has 5 heterocycles. The summed E-state index contributed by atoms with van der Waals surface area (Å²) in [5, 5.41) is 12.7. The Hall–Kier alpha value is -3.07. The highest BCUT2D eigenvalue weighted by atomic mass is 16.5. The smallest absolute Gasteiger partial charge is 0.272 e. The van der Waals surface area contributed by atoms with Crippen LogP contribution in [0.5, 0.6) is 0 Å². The van der Waals surface area contributed by atoms with Crippen LogP contribution >= 0.6 is 0 Å². The predicted octanol–water partition coefficient (Wildman–Crippen LogP) is 1.90. The molecule has 0 bridgehead atoms. The van der Waals surface area contributed by atoms with E-state index in [-0.39, 0.29) is 17.2 Å². The van der Waals surface area contributed by atoms with Gasteiger partial charge in [-0.15, -0.1) is 10.2 Å². The first-order valence-electron chi connectivity index (χ1n) is 9.75. The Morgan fingerprint density at radius 1 is 1.14 bits per heavy atom. The van der Waals surface area contributed by atoms with Gasteiger partial charge in [0.15, 0.2) is 0 Å². The molecule has 9 nitrogen and oxygen atoms in total. The van der Waals surface area contributed by atoms with Gasteiger partial charge < -0.3 is 14.1 Å². The number of rotatable bonds is 3. The number of hydrogen-bond acceptors (Lipinski definition) is 7. The summed E-state index contributed by atoms with van der Waals surface area (Å²) in [5.41, 5.74) is 1.30. The van der Waals surface area contributed by atoms with Crippen molar-refractivity contribution in [1.82, 2.24) is 29.9 Å². The second-order valence-corrected chi connectivity index (χ2v) is 7.73. The molecule has 0 radical (unpaired) electrons. The second kappa shape index (κ2) is 7.07. The molecule has 0 saturated carbocycles. The van der Waals surface area contributed by atoms with Gasteiger partial charge in [0.1, 0.15) is 5.69 Å². The molecule has 150 valence electrons. The van der Waals surface area contributed by atoms with E-state index in [4.69, 9.17) is 9.15 Å². The molecule has 2 aliphatic rings. The SMILES string of the molecule is Cn1nccc1C(=O)N1CC(c2nnc(-c3ccncc3)o2)C2(CCOCC2)C1. The van der Waals surface area contributed by atoms with Crippen molar-refractivity contribution in [3.63, 3.8) is 0 Å². The van der Waals surface area contributed by atoms with Gasteiger partial charge in [-0.1, -0.05) is 0 Å². The summed E-state index contributed by atoms with van der Waals surface area (Å²) in [6.45, 7) is 2.55. The molecular weight excluding hydrogens is 372 g/mol. The van der Waals surface area contributed by atoms with Crippen molar-refractivity contribution in [2.75, 3.05) is 26.3 Å². The molecule has 1 amide bonds. The summed E-state index contributed by atoms with van der Waals surface area (Å²) >= 11 is 0. The third kappa shape index (κ3) is 3.11. The zero-order chi connectivity index (χ0) is 19.8. The highest BCUT2D eigenvalue weighted by Gasteiger charge is 2.51. The van der Waals surface area contributed by atoms with E-state index < -0.39 is 0 Å². The van der Waals surface area contributed by atoms with Crippen LogP contribution in [0.2, 0.25) is 0 Å². The second-order valence-electron chi connectivity index (χ2n) is 7.73. The Kier molecular flexibility index (Phi) is 4.39. The molecule has 1 atom stereocenters. The number of pyridine rings is 1. The van der Waals surface area contributed by atoms with Gasteiger partial charge in [0.25, 0.3) is 5.91 Å². The Balaban J connectivity index is 1.46. The van der Waals surface area contributed by atoms with E-state index in [1.807, 2.05) is 17.0 Å². The standard InChI is InChI=1S/C20H22N6O3/c1-25-16(4-9-22-25)19(27)26-12-15(20(13-26)5-10-28-11-6-20)18-24-23-17(29-18)14-2-7-21-8-3-14/h2-4,7-9,15H,5-6,10-13H2,1H3. The zero-order valence-electron chi connectivity index (χ0n) is 16.2. The average Bonchev–Trinajstić information content (AvgIpc) is 3.48. The zero-order valence-corrected chi connectivity index (χ0v) is 16.2. The minimum Gasteiger partial charge on any atom is -0.420 e. The maximum Gasteiger partial charge on any atom is 0.272 e. The van der Waals surface area contributed by atoms with Crippen LogP contribution in [0.15, 0.2) is 41.2 Å². The van der Waals surface area contributed by atoms with Crippen LogP contribution < -0.4 is 0 Å². The fourth-order valence-electron chi connectivity index (χ4n) is 4.48. The predicted molar refractivity (Wildman–Crippen MR) is 102 cm³/mol. The highest BCUT2D eigenvalue weighted by Crippen LogP contribution is 2.49. The van der Waals surface area contributed by atoms with Crippen LogP contribution in [-0.2, 0) is 11.8 Å². The lowest BCUT2D eigenvalue weighted by atomic mass is 9.72. The van der Waals surface area contributed by atoms with E-state index in [1.54, 1.807) is 36.4 Å². The first-order chi connectivity index (χ1) is 14.2. The van der Waals surface area contributed by atoms with E-state index in [9.17, 15) is 4.79 Å². The van der Waals surface area contributed by atoms with Crippen LogP contribution in [0.3, 0.4) is 0 Å². The summed E-state index contributed by atoms with van der Waals surface area (Å²) in [6, 6.07) is 5.43. The lowest BCUT2D eigenvalue weighted by Crippen LogP contribution is -2.37. The minimum absolute atomic E-state index is 0.0211. The van der Waals surface area contributed by atoms with E-state index >= 15 is 0 Å². The van der Waals surface area contributed by atoms with E-state index in [2.05, 4.69) is 20.3 Å². The van der Waals surface area contributed by atoms with E-state index in [1.165, 1.54) is 0 Å². The largest absolute Gasteiger partial charge is 0.420 e. The van der Waals surface area contributed by atoms with Crippen molar-refractivity contribution >= 4 is 5.91 Å². The van der Waals surface area contributed by atoms with Crippen molar-refractivity contribution in [2.24, 2.45) is 12.5 Å². The first-order valence-corrected chi connectivity index (χ1v) is 9.75. The van der Waals surface area contributed by atoms with Gasteiger partial charge in [-0.2, -0.15) is 5.10 Å². The van der Waals surface area contributed by atoms with Gasteiger partial charge in [0.05, 0.1) is 5.92 Å². The molecule has 2 saturated heterocycles. The van der Waals surface area contributed by atoms with Crippen LogP contribution in [-0.4, -0.2) is 62.1 Å². The summed E-state index contributed by atoms with van der Waals surface area (Å²) in [6.07, 6.45) is 6.76. The van der Waals surface area contributed by atoms with Crippen molar-refractivity contribution in [3.05, 3.63) is 48.4 Å². The molecule has 1 unspecified atom stereocenters. The van der Waals surface area contributed by atoms with Crippen molar-refractivity contribution in [3.8, 4) is 11.5 Å². The number of likely N-dealkylation sites (tertiary alicyclic amines) is 1. The summed E-state index contributed by atoms with van der Waals surface area (Å²) in [7, 11) is 1.78. The van der Waals surface area contributed by atoms with Gasteiger partial charge in [-0.25, -0.2) is 0 Å². The molecule has 1 spiro atoms. The maximum absolute atomic E-state index is 13.1. The Morgan fingerprint density at radius 3 is 2.66 bits per heavy atom. The Labute approximate surface area is 167 Å². The molecule has 5 rings (SSSR count). The summed E-state index contributed by atoms with van der Waals surface area (Å²) < 4.78 is 13.3. The van der Waals surface area contributed by atoms with Gasteiger partial charge in [0.2, 0.25) is 11.8 Å². The van der Waals surface area contributed by atoms with Crippen molar-refractivity contribution < 1.29 is 13.9 Å². The lowest BCUT2D eigenvalue weighted by molar-refractivity contribution is 0.00902. The number of carbonyl (C=O) groups excluding carboxylic acids is 1. The van der Waals surface area contributed by atoms with E-state index in [0.29, 0.717) is 43.8 Å². The lowest BCUT2D eigenvalue weighted by Gasteiger charge is -2.36. The molecule has 0 aliphatic carbocycles. The number of carbonyl (C=O) groups is 1.